The Kier molecular flexibility index (Phi) is 13.2. The van der Waals surface area contributed by atoms with Crippen molar-refractivity contribution in [1.29, 1.82) is 0 Å². The molecule has 0 bridgehead atoms. The summed E-state index contributed by atoms with van der Waals surface area (Å²) in [4.78, 5) is 24.3. The Balaban J connectivity index is 0.000000293. The van der Waals surface area contributed by atoms with Crippen molar-refractivity contribution in [3.8, 4) is 11.5 Å². The standard InChI is InChI=1S/C16H18F6N2O5S.C13H15F3N2O3/c17-15(18,19)7-10-30(27,28)24-8-5-14(26,6-9-24)13(25)23-11-1-3-12(4-2-11)29-16(20,21)22;14-13(15,16)21-10-3-1-9(2-4-10)18-11(19)12(20)5-7-17-8-6-12/h1-4,26H,5-10H2,(H,23,25);1-4,17,20H,5-8H2,(H,18,19). The van der Waals surface area contributed by atoms with Crippen molar-refractivity contribution in [3.05, 3.63) is 48.5 Å². The Morgan fingerprint density at radius 3 is 1.43 bits per heavy atom. The molecule has 4 rings (SSSR count). The number of hydrogen-bond acceptors (Lipinski definition) is 9. The van der Waals surface area contributed by atoms with Crippen LogP contribution in [0.3, 0.4) is 0 Å². The van der Waals surface area contributed by atoms with Gasteiger partial charge in [0.2, 0.25) is 10.0 Å². The predicted molar refractivity (Wildman–Crippen MR) is 161 cm³/mol. The third-order valence-electron chi connectivity index (χ3n) is 7.55. The van der Waals surface area contributed by atoms with E-state index in [1.54, 1.807) is 0 Å². The van der Waals surface area contributed by atoms with E-state index in [9.17, 15) is 67.7 Å². The number of nitrogens with zero attached hydrogens (tertiary/aromatic N) is 1. The zero-order valence-electron chi connectivity index (χ0n) is 26.3. The van der Waals surface area contributed by atoms with Gasteiger partial charge in [-0.2, -0.15) is 13.2 Å². The van der Waals surface area contributed by atoms with Gasteiger partial charge in [0.25, 0.3) is 11.8 Å². The molecule has 22 heteroatoms. The number of aliphatic hydroxyl groups is 2. The maximum atomic E-state index is 12.3. The highest BCUT2D eigenvalue weighted by molar-refractivity contribution is 7.89. The summed E-state index contributed by atoms with van der Waals surface area (Å²) in [7, 11) is -4.21. The van der Waals surface area contributed by atoms with Gasteiger partial charge < -0.3 is 35.6 Å². The van der Waals surface area contributed by atoms with Gasteiger partial charge in [0.05, 0.1) is 12.2 Å². The fourth-order valence-corrected chi connectivity index (χ4v) is 6.26. The van der Waals surface area contributed by atoms with Crippen molar-refractivity contribution in [2.75, 3.05) is 42.6 Å². The van der Waals surface area contributed by atoms with E-state index < -0.39 is 69.9 Å². The molecule has 0 atom stereocenters. The van der Waals surface area contributed by atoms with Gasteiger partial charge in [-0.25, -0.2) is 12.7 Å². The number of rotatable bonds is 9. The summed E-state index contributed by atoms with van der Waals surface area (Å²) in [6.45, 7) is 0.343. The van der Waals surface area contributed by atoms with Crippen molar-refractivity contribution in [1.82, 2.24) is 9.62 Å². The fraction of sp³-hybridized carbons (Fsp3) is 0.517. The molecule has 2 saturated heterocycles. The monoisotopic (exact) mass is 768 g/mol. The molecule has 2 heterocycles. The van der Waals surface area contributed by atoms with E-state index in [4.69, 9.17) is 0 Å². The molecule has 0 saturated carbocycles. The van der Waals surface area contributed by atoms with Crippen LogP contribution in [0.5, 0.6) is 11.5 Å². The van der Waals surface area contributed by atoms with Gasteiger partial charge in [0, 0.05) is 24.5 Å². The molecule has 12 nitrogen and oxygen atoms in total. The number of alkyl halides is 9. The second-order valence-corrected chi connectivity index (χ2v) is 13.5. The Bertz CT molecular complexity index is 1570. The molecule has 2 amide bonds. The van der Waals surface area contributed by atoms with Gasteiger partial charge in [-0.15, -0.1) is 26.3 Å². The van der Waals surface area contributed by atoms with Gasteiger partial charge in [-0.05, 0) is 87.3 Å². The molecule has 2 aromatic carbocycles. The highest BCUT2D eigenvalue weighted by Crippen LogP contribution is 2.30. The number of carbonyl (C=O) groups is 2. The van der Waals surface area contributed by atoms with Crippen LogP contribution in [0.4, 0.5) is 50.9 Å². The van der Waals surface area contributed by atoms with E-state index in [1.165, 1.54) is 12.1 Å². The molecule has 2 fully saturated rings. The number of anilines is 2. The van der Waals surface area contributed by atoms with Gasteiger partial charge in [-0.3, -0.25) is 9.59 Å². The van der Waals surface area contributed by atoms with Crippen LogP contribution in [0.25, 0.3) is 0 Å². The topological polar surface area (TPSA) is 167 Å². The van der Waals surface area contributed by atoms with Crippen molar-refractivity contribution in [2.24, 2.45) is 0 Å². The maximum Gasteiger partial charge on any atom is 0.573 e. The van der Waals surface area contributed by atoms with Crippen LogP contribution in [0.15, 0.2) is 48.5 Å². The highest BCUT2D eigenvalue weighted by Gasteiger charge is 2.43. The molecular weight excluding hydrogens is 735 g/mol. The quantitative estimate of drug-likeness (QED) is 0.234. The lowest BCUT2D eigenvalue weighted by Gasteiger charge is -2.36. The van der Waals surface area contributed by atoms with Crippen LogP contribution < -0.4 is 25.4 Å². The largest absolute Gasteiger partial charge is 0.573 e. The highest BCUT2D eigenvalue weighted by atomic mass is 32.2. The summed E-state index contributed by atoms with van der Waals surface area (Å²) < 4.78 is 141. The molecule has 0 spiro atoms. The summed E-state index contributed by atoms with van der Waals surface area (Å²) in [6, 6.07) is 8.86. The van der Waals surface area contributed by atoms with Crippen LogP contribution >= 0.6 is 0 Å². The number of sulfonamides is 1. The Morgan fingerprint density at radius 1 is 0.706 bits per heavy atom. The molecule has 0 aliphatic carbocycles. The molecule has 2 aliphatic rings. The van der Waals surface area contributed by atoms with E-state index in [1.807, 2.05) is 0 Å². The summed E-state index contributed by atoms with van der Waals surface area (Å²) in [5.74, 6) is -3.50. The fourth-order valence-electron chi connectivity index (χ4n) is 4.78. The second kappa shape index (κ2) is 16.2. The Labute approximate surface area is 284 Å². The third kappa shape index (κ3) is 13.7. The Hall–Kier alpha value is -3.86. The van der Waals surface area contributed by atoms with Gasteiger partial charge >= 0.3 is 18.9 Å². The summed E-state index contributed by atoms with van der Waals surface area (Å²) in [5, 5.41) is 28.5. The number of amides is 2. The first-order valence-electron chi connectivity index (χ1n) is 14.9. The van der Waals surface area contributed by atoms with Gasteiger partial charge in [0.15, 0.2) is 0 Å². The summed E-state index contributed by atoms with van der Waals surface area (Å²) in [6.07, 6.45) is -15.9. The number of hydrogen-bond donors (Lipinski definition) is 5. The van der Waals surface area contributed by atoms with Crippen LogP contribution in [-0.2, 0) is 19.6 Å². The smallest absolute Gasteiger partial charge is 0.406 e. The van der Waals surface area contributed by atoms with Crippen LogP contribution in [0.2, 0.25) is 0 Å². The number of benzene rings is 2. The molecule has 286 valence electrons. The molecule has 51 heavy (non-hydrogen) atoms. The van der Waals surface area contributed by atoms with E-state index in [-0.39, 0.29) is 50.2 Å². The Morgan fingerprint density at radius 2 is 1.08 bits per heavy atom. The zero-order chi connectivity index (χ0) is 38.3. The minimum Gasteiger partial charge on any atom is -0.406 e. The van der Waals surface area contributed by atoms with E-state index in [0.29, 0.717) is 18.8 Å². The number of ether oxygens (including phenoxy) is 2. The lowest BCUT2D eigenvalue weighted by Crippen LogP contribution is -2.53. The average molecular weight is 769 g/mol. The molecular formula is C29H33F9N4O8S. The van der Waals surface area contributed by atoms with Crippen LogP contribution in [0, 0.1) is 0 Å². The first kappa shape index (κ1) is 41.6. The molecule has 2 aromatic rings. The van der Waals surface area contributed by atoms with E-state index in [2.05, 4.69) is 25.4 Å². The van der Waals surface area contributed by atoms with Gasteiger partial charge in [0.1, 0.15) is 22.7 Å². The maximum absolute atomic E-state index is 12.3. The van der Waals surface area contributed by atoms with E-state index >= 15 is 0 Å². The zero-order valence-corrected chi connectivity index (χ0v) is 27.1. The number of halogens is 9. The molecule has 0 radical (unpaired) electrons. The van der Waals surface area contributed by atoms with Crippen molar-refractivity contribution in [2.45, 2.75) is 62.2 Å². The number of piperidine rings is 2. The normalized spacial score (nSPS) is 18.1. The molecule has 0 aromatic heterocycles. The third-order valence-corrected chi connectivity index (χ3v) is 9.43. The summed E-state index contributed by atoms with van der Waals surface area (Å²) >= 11 is 0. The average Bonchev–Trinajstić information content (AvgIpc) is 3.01. The SMILES string of the molecule is O=C(Nc1ccc(OC(F)(F)F)cc1)C1(O)CCN(S(=O)(=O)CCC(F)(F)F)CC1.O=C(Nc1ccc(OC(F)(F)F)cc1)C1(O)CCNCC1. The number of carbonyl (C=O) groups excluding carboxylic acids is 2. The van der Waals surface area contributed by atoms with Crippen molar-refractivity contribution >= 4 is 33.2 Å². The minimum absolute atomic E-state index is 0.0585. The molecule has 5 N–H and O–H groups in total. The summed E-state index contributed by atoms with van der Waals surface area (Å²) in [5.41, 5.74) is -3.09. The van der Waals surface area contributed by atoms with Gasteiger partial charge in [-0.1, -0.05) is 0 Å². The minimum atomic E-state index is -4.88. The lowest BCUT2D eigenvalue weighted by atomic mass is 9.91. The lowest BCUT2D eigenvalue weighted by molar-refractivity contribution is -0.275. The van der Waals surface area contributed by atoms with Crippen molar-refractivity contribution in [3.63, 3.8) is 0 Å². The van der Waals surface area contributed by atoms with Crippen LogP contribution in [-0.4, -0.2) is 96.8 Å². The van der Waals surface area contributed by atoms with Crippen molar-refractivity contribution < 1.29 is 77.2 Å². The van der Waals surface area contributed by atoms with E-state index in [0.717, 1.165) is 40.7 Å². The first-order chi connectivity index (χ1) is 23.4. The first-order valence-corrected chi connectivity index (χ1v) is 16.5. The molecule has 0 unspecified atom stereocenters. The molecule has 2 aliphatic heterocycles. The second-order valence-electron chi connectivity index (χ2n) is 11.4. The predicted octanol–water partition coefficient (Wildman–Crippen LogP) is 4.27. The number of nitrogens with one attached hydrogen (secondary N) is 3. The van der Waals surface area contributed by atoms with Crippen LogP contribution in [0.1, 0.15) is 32.1 Å².